The van der Waals surface area contributed by atoms with Gasteiger partial charge >= 0.3 is 0 Å². The molecule has 3 rings (SSSR count). The Morgan fingerprint density at radius 3 is 2.81 bits per heavy atom. The Labute approximate surface area is 158 Å². The van der Waals surface area contributed by atoms with Crippen LogP contribution in [0.4, 0.5) is 0 Å². The van der Waals surface area contributed by atoms with E-state index in [1.165, 1.54) is 44.7 Å². The van der Waals surface area contributed by atoms with Crippen LogP contribution in [0.3, 0.4) is 0 Å². The maximum Gasteiger partial charge on any atom is 0.230 e. The Bertz CT molecular complexity index is 728. The molecule has 0 N–H and O–H groups in total. The first-order valence-corrected chi connectivity index (χ1v) is 9.80. The molecule has 1 aliphatic carbocycles. The predicted octanol–water partition coefficient (Wildman–Crippen LogP) is 4.99. The van der Waals surface area contributed by atoms with E-state index in [9.17, 15) is 4.79 Å². The third-order valence-electron chi connectivity index (χ3n) is 5.05. The quantitative estimate of drug-likeness (QED) is 0.645. The van der Waals surface area contributed by atoms with Gasteiger partial charge in [0.2, 0.25) is 11.7 Å². The molecule has 0 bridgehead atoms. The van der Waals surface area contributed by atoms with Crippen LogP contribution in [0.2, 0.25) is 5.15 Å². The summed E-state index contributed by atoms with van der Waals surface area (Å²) in [4.78, 5) is 24.3. The number of rotatable bonds is 8. The van der Waals surface area contributed by atoms with Gasteiger partial charge < -0.3 is 9.32 Å². The maximum atomic E-state index is 11.7. The molecular formula is C19H25ClN4O2. The molecule has 2 aromatic heterocycles. The van der Waals surface area contributed by atoms with Crippen molar-refractivity contribution in [3.8, 4) is 11.5 Å². The van der Waals surface area contributed by atoms with E-state index in [2.05, 4.69) is 20.1 Å². The van der Waals surface area contributed by atoms with Gasteiger partial charge in [-0.2, -0.15) is 4.98 Å². The zero-order valence-corrected chi connectivity index (χ0v) is 15.9. The minimum absolute atomic E-state index is 0.0375. The SMILES string of the molecule is CC(=O)CC(CCCC1CCCCC1)c1nc(-c2cncc(Cl)n2)no1. The summed E-state index contributed by atoms with van der Waals surface area (Å²) in [5.41, 5.74) is 0.469. The first-order valence-electron chi connectivity index (χ1n) is 9.43. The normalized spacial score (nSPS) is 16.5. The number of hydrogen-bond donors (Lipinski definition) is 0. The summed E-state index contributed by atoms with van der Waals surface area (Å²) in [6.45, 7) is 1.61. The van der Waals surface area contributed by atoms with Crippen LogP contribution in [-0.2, 0) is 4.79 Å². The highest BCUT2D eigenvalue weighted by Gasteiger charge is 2.23. The van der Waals surface area contributed by atoms with E-state index in [1.807, 2.05) is 0 Å². The average molecular weight is 377 g/mol. The predicted molar refractivity (Wildman–Crippen MR) is 98.8 cm³/mol. The fraction of sp³-hybridized carbons (Fsp3) is 0.632. The highest BCUT2D eigenvalue weighted by molar-refractivity contribution is 6.29. The molecular weight excluding hydrogens is 352 g/mol. The topological polar surface area (TPSA) is 81.8 Å². The summed E-state index contributed by atoms with van der Waals surface area (Å²) in [5, 5.41) is 4.27. The third kappa shape index (κ3) is 5.34. The maximum absolute atomic E-state index is 11.7. The van der Waals surface area contributed by atoms with Gasteiger partial charge in [0.15, 0.2) is 0 Å². The zero-order valence-electron chi connectivity index (χ0n) is 15.2. The molecule has 1 fully saturated rings. The van der Waals surface area contributed by atoms with E-state index < -0.39 is 0 Å². The van der Waals surface area contributed by atoms with Crippen molar-refractivity contribution in [3.05, 3.63) is 23.4 Å². The standard InChI is InChI=1S/C19H25ClN4O2/c1-13(25)10-15(9-5-8-14-6-3-2-4-7-14)19-23-18(24-26-19)16-11-21-12-17(20)22-16/h11-12,14-15H,2-10H2,1H3. The number of ketones is 1. The number of carbonyl (C=O) groups is 1. The van der Waals surface area contributed by atoms with Crippen LogP contribution < -0.4 is 0 Å². The highest BCUT2D eigenvalue weighted by Crippen LogP contribution is 2.31. The number of carbonyl (C=O) groups excluding carboxylic acids is 1. The first kappa shape index (κ1) is 19.0. The van der Waals surface area contributed by atoms with Crippen LogP contribution in [0.25, 0.3) is 11.5 Å². The summed E-state index contributed by atoms with van der Waals surface area (Å²) in [6.07, 6.45) is 13.4. The van der Waals surface area contributed by atoms with Crippen molar-refractivity contribution in [2.45, 2.75) is 70.6 Å². The lowest BCUT2D eigenvalue weighted by atomic mass is 9.84. The van der Waals surface area contributed by atoms with Crippen LogP contribution in [0.5, 0.6) is 0 Å². The second kappa shape index (κ2) is 9.21. The van der Waals surface area contributed by atoms with Gasteiger partial charge in [-0.05, 0) is 19.3 Å². The lowest BCUT2D eigenvalue weighted by molar-refractivity contribution is -0.117. The van der Waals surface area contributed by atoms with Crippen molar-refractivity contribution in [1.82, 2.24) is 20.1 Å². The number of Topliss-reactive ketones (excluding diaryl/α,β-unsaturated/α-hetero) is 1. The van der Waals surface area contributed by atoms with Gasteiger partial charge in [0, 0.05) is 12.3 Å². The molecule has 140 valence electrons. The Balaban J connectivity index is 1.64. The summed E-state index contributed by atoms with van der Waals surface area (Å²) >= 11 is 5.87. The molecule has 6 nitrogen and oxygen atoms in total. The molecule has 7 heteroatoms. The zero-order chi connectivity index (χ0) is 18.4. The van der Waals surface area contributed by atoms with Crippen LogP contribution >= 0.6 is 11.6 Å². The Morgan fingerprint density at radius 2 is 2.08 bits per heavy atom. The molecule has 2 heterocycles. The van der Waals surface area contributed by atoms with Gasteiger partial charge in [-0.15, -0.1) is 0 Å². The smallest absolute Gasteiger partial charge is 0.230 e. The van der Waals surface area contributed by atoms with Gasteiger partial charge in [-0.25, -0.2) is 4.98 Å². The summed E-state index contributed by atoms with van der Waals surface area (Å²) in [6, 6.07) is 0. The minimum atomic E-state index is -0.0375. The van der Waals surface area contributed by atoms with Gasteiger partial charge in [0.05, 0.1) is 12.4 Å². The molecule has 2 aromatic rings. The van der Waals surface area contributed by atoms with E-state index in [0.29, 0.717) is 23.8 Å². The fourth-order valence-electron chi connectivity index (χ4n) is 3.74. The van der Waals surface area contributed by atoms with E-state index in [4.69, 9.17) is 16.1 Å². The molecule has 0 radical (unpaired) electrons. The number of hydrogen-bond acceptors (Lipinski definition) is 6. The lowest BCUT2D eigenvalue weighted by Crippen LogP contribution is -2.09. The van der Waals surface area contributed by atoms with E-state index in [1.54, 1.807) is 13.1 Å². The molecule has 1 aliphatic rings. The minimum Gasteiger partial charge on any atom is -0.339 e. The molecule has 1 saturated carbocycles. The van der Waals surface area contributed by atoms with E-state index in [0.717, 1.165) is 18.8 Å². The van der Waals surface area contributed by atoms with Crippen LogP contribution in [-0.4, -0.2) is 25.9 Å². The summed E-state index contributed by atoms with van der Waals surface area (Å²) in [5.74, 6) is 1.79. The van der Waals surface area contributed by atoms with Crippen molar-refractivity contribution in [3.63, 3.8) is 0 Å². The average Bonchev–Trinajstić information content (AvgIpc) is 3.11. The van der Waals surface area contributed by atoms with Crippen molar-refractivity contribution < 1.29 is 9.32 Å². The van der Waals surface area contributed by atoms with Crippen molar-refractivity contribution in [1.29, 1.82) is 0 Å². The lowest BCUT2D eigenvalue weighted by Gasteiger charge is -2.22. The molecule has 1 unspecified atom stereocenters. The van der Waals surface area contributed by atoms with Crippen molar-refractivity contribution in [2.24, 2.45) is 5.92 Å². The monoisotopic (exact) mass is 376 g/mol. The third-order valence-corrected chi connectivity index (χ3v) is 5.23. The highest BCUT2D eigenvalue weighted by atomic mass is 35.5. The largest absolute Gasteiger partial charge is 0.339 e. The summed E-state index contributed by atoms with van der Waals surface area (Å²) in [7, 11) is 0. The van der Waals surface area contributed by atoms with Gasteiger partial charge in [0.1, 0.15) is 16.6 Å². The van der Waals surface area contributed by atoms with Crippen LogP contribution in [0, 0.1) is 5.92 Å². The second-order valence-corrected chi connectivity index (χ2v) is 7.61. The first-order chi connectivity index (χ1) is 12.6. The molecule has 0 aliphatic heterocycles. The second-order valence-electron chi connectivity index (χ2n) is 7.22. The Hall–Kier alpha value is -1.82. The molecule has 26 heavy (non-hydrogen) atoms. The van der Waals surface area contributed by atoms with E-state index in [-0.39, 0.29) is 16.9 Å². The Morgan fingerprint density at radius 1 is 1.27 bits per heavy atom. The van der Waals surface area contributed by atoms with Gasteiger partial charge in [-0.1, -0.05) is 61.7 Å². The molecule has 0 spiro atoms. The molecule has 1 atom stereocenters. The molecule has 0 saturated heterocycles. The van der Waals surface area contributed by atoms with Crippen LogP contribution in [0.15, 0.2) is 16.9 Å². The summed E-state index contributed by atoms with van der Waals surface area (Å²) < 4.78 is 5.44. The number of nitrogens with zero attached hydrogens (tertiary/aromatic N) is 4. The fourth-order valence-corrected chi connectivity index (χ4v) is 3.89. The van der Waals surface area contributed by atoms with Crippen molar-refractivity contribution in [2.75, 3.05) is 0 Å². The molecule has 0 amide bonds. The van der Waals surface area contributed by atoms with Crippen molar-refractivity contribution >= 4 is 17.4 Å². The Kier molecular flexibility index (Phi) is 6.72. The van der Waals surface area contributed by atoms with Crippen LogP contribution in [0.1, 0.15) is 76.5 Å². The van der Waals surface area contributed by atoms with Gasteiger partial charge in [0.25, 0.3) is 0 Å². The number of aromatic nitrogens is 4. The molecule has 0 aromatic carbocycles. The van der Waals surface area contributed by atoms with Gasteiger partial charge in [-0.3, -0.25) is 4.98 Å². The van der Waals surface area contributed by atoms with E-state index >= 15 is 0 Å². The number of halogens is 1.